The number of aromatic carboxylic acids is 1. The fourth-order valence-electron chi connectivity index (χ4n) is 2.42. The number of carboxylic acid groups (broad SMARTS) is 1. The van der Waals surface area contributed by atoms with Crippen LogP contribution in [-0.2, 0) is 6.54 Å². The summed E-state index contributed by atoms with van der Waals surface area (Å²) in [5.41, 5.74) is 1.59. The van der Waals surface area contributed by atoms with E-state index < -0.39 is 5.97 Å². The second-order valence-corrected chi connectivity index (χ2v) is 6.66. The minimum absolute atomic E-state index is 0.0601. The SMILES string of the molecule is O=C(O)c1c(Br)nc(-c2ccccc2)n1Cc1cc(Cl)ccc1Cl. The number of hydrogen-bond acceptors (Lipinski definition) is 2. The van der Waals surface area contributed by atoms with Gasteiger partial charge in [-0.3, -0.25) is 0 Å². The van der Waals surface area contributed by atoms with Crippen molar-refractivity contribution in [3.63, 3.8) is 0 Å². The number of carbonyl (C=O) groups is 1. The van der Waals surface area contributed by atoms with Gasteiger partial charge < -0.3 is 9.67 Å². The highest BCUT2D eigenvalue weighted by molar-refractivity contribution is 9.10. The lowest BCUT2D eigenvalue weighted by Gasteiger charge is -2.12. The van der Waals surface area contributed by atoms with Crippen molar-refractivity contribution < 1.29 is 9.90 Å². The van der Waals surface area contributed by atoms with Gasteiger partial charge in [-0.2, -0.15) is 0 Å². The van der Waals surface area contributed by atoms with Gasteiger partial charge in [-0.15, -0.1) is 0 Å². The monoisotopic (exact) mass is 424 g/mol. The normalized spacial score (nSPS) is 10.8. The van der Waals surface area contributed by atoms with Crippen molar-refractivity contribution in [2.24, 2.45) is 0 Å². The molecular weight excluding hydrogens is 415 g/mol. The zero-order chi connectivity index (χ0) is 17.3. The third kappa shape index (κ3) is 3.34. The van der Waals surface area contributed by atoms with E-state index in [9.17, 15) is 9.90 Å². The van der Waals surface area contributed by atoms with Crippen molar-refractivity contribution in [1.82, 2.24) is 9.55 Å². The van der Waals surface area contributed by atoms with E-state index in [1.165, 1.54) is 0 Å². The molecule has 7 heteroatoms. The zero-order valence-corrected chi connectivity index (χ0v) is 15.3. The Bertz CT molecular complexity index is 910. The van der Waals surface area contributed by atoms with E-state index in [-0.39, 0.29) is 16.8 Å². The standard InChI is InChI=1S/C17H11BrCl2N2O2/c18-15-14(17(23)24)22(9-11-8-12(19)6-7-13(11)20)16(21-15)10-4-2-1-3-5-10/h1-8H,9H2,(H,23,24). The molecule has 0 spiro atoms. The third-order valence-corrected chi connectivity index (χ3v) is 4.65. The molecule has 0 unspecified atom stereocenters. The molecule has 3 aromatic rings. The van der Waals surface area contributed by atoms with Gasteiger partial charge in [0.2, 0.25) is 0 Å². The van der Waals surface area contributed by atoms with Gasteiger partial charge in [-0.05, 0) is 39.7 Å². The van der Waals surface area contributed by atoms with Crippen LogP contribution in [0.25, 0.3) is 11.4 Å². The summed E-state index contributed by atoms with van der Waals surface area (Å²) in [6.45, 7) is 0.240. The average molecular weight is 426 g/mol. The number of halogens is 3. The fourth-order valence-corrected chi connectivity index (χ4v) is 3.35. The van der Waals surface area contributed by atoms with Gasteiger partial charge >= 0.3 is 5.97 Å². The first-order chi connectivity index (χ1) is 11.5. The summed E-state index contributed by atoms with van der Waals surface area (Å²) in [6, 6.07) is 14.5. The number of carboxylic acids is 1. The molecule has 0 atom stereocenters. The molecule has 0 saturated heterocycles. The predicted octanol–water partition coefficient (Wildman–Crippen LogP) is 5.37. The summed E-state index contributed by atoms with van der Waals surface area (Å²) < 4.78 is 1.88. The lowest BCUT2D eigenvalue weighted by Crippen LogP contribution is -2.11. The molecule has 4 nitrogen and oxygen atoms in total. The van der Waals surface area contributed by atoms with Crippen LogP contribution in [0, 0.1) is 0 Å². The molecule has 1 heterocycles. The summed E-state index contributed by atoms with van der Waals surface area (Å²) in [5, 5.41) is 10.6. The van der Waals surface area contributed by atoms with Gasteiger partial charge in [-0.1, -0.05) is 53.5 Å². The van der Waals surface area contributed by atoms with Crippen LogP contribution >= 0.6 is 39.1 Å². The zero-order valence-electron chi connectivity index (χ0n) is 12.2. The molecule has 0 aliphatic rings. The molecule has 24 heavy (non-hydrogen) atoms. The topological polar surface area (TPSA) is 55.1 Å². The van der Waals surface area contributed by atoms with E-state index in [2.05, 4.69) is 20.9 Å². The molecule has 0 fully saturated rings. The van der Waals surface area contributed by atoms with E-state index >= 15 is 0 Å². The summed E-state index contributed by atoms with van der Waals surface area (Å²) in [5.74, 6) is -0.536. The Morgan fingerprint density at radius 1 is 1.17 bits per heavy atom. The molecule has 0 amide bonds. The van der Waals surface area contributed by atoms with Crippen LogP contribution in [0.4, 0.5) is 0 Å². The Kier molecular flexibility index (Phi) is 4.94. The lowest BCUT2D eigenvalue weighted by atomic mass is 10.2. The Labute approximate surface area is 156 Å². The number of benzene rings is 2. The van der Waals surface area contributed by atoms with Crippen LogP contribution in [0.3, 0.4) is 0 Å². The molecule has 0 radical (unpaired) electrons. The van der Waals surface area contributed by atoms with Crippen molar-refractivity contribution in [2.75, 3.05) is 0 Å². The van der Waals surface area contributed by atoms with Crippen LogP contribution in [0.5, 0.6) is 0 Å². The maximum Gasteiger partial charge on any atom is 0.355 e. The van der Waals surface area contributed by atoms with Crippen LogP contribution in [-0.4, -0.2) is 20.6 Å². The maximum atomic E-state index is 11.7. The molecule has 122 valence electrons. The van der Waals surface area contributed by atoms with Gasteiger partial charge in [0, 0.05) is 15.6 Å². The molecule has 2 aromatic carbocycles. The minimum Gasteiger partial charge on any atom is -0.476 e. The van der Waals surface area contributed by atoms with E-state index in [1.807, 2.05) is 30.3 Å². The Hall–Kier alpha value is -1.82. The number of rotatable bonds is 4. The summed E-state index contributed by atoms with van der Waals surface area (Å²) in [6.07, 6.45) is 0. The quantitative estimate of drug-likeness (QED) is 0.611. The van der Waals surface area contributed by atoms with Gasteiger partial charge in [0.1, 0.15) is 10.4 Å². The number of nitrogens with zero attached hydrogens (tertiary/aromatic N) is 2. The second kappa shape index (κ2) is 6.97. The van der Waals surface area contributed by atoms with Crippen LogP contribution in [0.1, 0.15) is 16.1 Å². The minimum atomic E-state index is -1.07. The van der Waals surface area contributed by atoms with Crippen LogP contribution < -0.4 is 0 Å². The van der Waals surface area contributed by atoms with E-state index in [4.69, 9.17) is 23.2 Å². The van der Waals surface area contributed by atoms with Crippen molar-refractivity contribution in [3.8, 4) is 11.4 Å². The molecule has 0 saturated carbocycles. The molecule has 0 aliphatic carbocycles. The molecule has 1 aromatic heterocycles. The average Bonchev–Trinajstić information content (AvgIpc) is 2.88. The fraction of sp³-hybridized carbons (Fsp3) is 0.0588. The first-order valence-electron chi connectivity index (χ1n) is 6.96. The number of hydrogen-bond donors (Lipinski definition) is 1. The molecule has 0 bridgehead atoms. The Morgan fingerprint density at radius 2 is 1.88 bits per heavy atom. The van der Waals surface area contributed by atoms with Crippen molar-refractivity contribution >= 4 is 45.1 Å². The van der Waals surface area contributed by atoms with Crippen LogP contribution in [0.2, 0.25) is 10.0 Å². The van der Waals surface area contributed by atoms with E-state index in [0.717, 1.165) is 5.56 Å². The molecular formula is C17H11BrCl2N2O2. The van der Waals surface area contributed by atoms with Gasteiger partial charge in [0.15, 0.2) is 5.69 Å². The molecule has 0 aliphatic heterocycles. The second-order valence-electron chi connectivity index (χ2n) is 5.07. The molecule has 1 N–H and O–H groups in total. The smallest absolute Gasteiger partial charge is 0.355 e. The van der Waals surface area contributed by atoms with Gasteiger partial charge in [-0.25, -0.2) is 9.78 Å². The van der Waals surface area contributed by atoms with E-state index in [1.54, 1.807) is 22.8 Å². The van der Waals surface area contributed by atoms with E-state index in [0.29, 0.717) is 21.4 Å². The molecule has 3 rings (SSSR count). The summed E-state index contributed by atoms with van der Waals surface area (Å²) in [7, 11) is 0. The Morgan fingerprint density at radius 3 is 2.54 bits per heavy atom. The number of imidazole rings is 1. The lowest BCUT2D eigenvalue weighted by molar-refractivity contribution is 0.0684. The Balaban J connectivity index is 2.18. The van der Waals surface area contributed by atoms with Gasteiger partial charge in [0.05, 0.1) is 6.54 Å². The highest BCUT2D eigenvalue weighted by Crippen LogP contribution is 2.29. The first-order valence-corrected chi connectivity index (χ1v) is 8.51. The van der Waals surface area contributed by atoms with Crippen molar-refractivity contribution in [3.05, 3.63) is 74.4 Å². The third-order valence-electron chi connectivity index (χ3n) is 3.50. The predicted molar refractivity (Wildman–Crippen MR) is 97.9 cm³/mol. The largest absolute Gasteiger partial charge is 0.476 e. The van der Waals surface area contributed by atoms with Crippen molar-refractivity contribution in [2.45, 2.75) is 6.54 Å². The number of aromatic nitrogens is 2. The summed E-state index contributed by atoms with van der Waals surface area (Å²) >= 11 is 15.5. The maximum absolute atomic E-state index is 11.7. The van der Waals surface area contributed by atoms with Gasteiger partial charge in [0.25, 0.3) is 0 Å². The highest BCUT2D eigenvalue weighted by Gasteiger charge is 2.22. The summed E-state index contributed by atoms with van der Waals surface area (Å²) in [4.78, 5) is 16.1. The van der Waals surface area contributed by atoms with Crippen LogP contribution in [0.15, 0.2) is 53.1 Å². The first kappa shape index (κ1) is 17.0. The van der Waals surface area contributed by atoms with Crippen molar-refractivity contribution in [1.29, 1.82) is 0 Å². The highest BCUT2D eigenvalue weighted by atomic mass is 79.9.